The van der Waals surface area contributed by atoms with Gasteiger partial charge in [0.2, 0.25) is 0 Å². The summed E-state index contributed by atoms with van der Waals surface area (Å²) < 4.78 is 6.53. The van der Waals surface area contributed by atoms with E-state index in [1.807, 2.05) is 30.3 Å². The van der Waals surface area contributed by atoms with Crippen molar-refractivity contribution in [1.29, 1.82) is 0 Å². The fourth-order valence-electron chi connectivity index (χ4n) is 4.42. The molecule has 0 aliphatic rings. The smallest absolute Gasteiger partial charge is 0.143 e. The third-order valence-corrected chi connectivity index (χ3v) is 6.29. The Morgan fingerprint density at radius 1 is 0.438 bits per heavy atom. The standard InChI is InChI=1S/C30H19ClO/c31-28-19-22(20-9-3-1-4-10-20)17-18-24(28)25-14-8-16-27-26-15-7-13-23(29(26)32-30(25)27)21-11-5-2-6-12-21/h1-19H. The lowest BCUT2D eigenvalue weighted by Crippen LogP contribution is -1.83. The molecule has 32 heavy (non-hydrogen) atoms. The molecule has 0 spiro atoms. The molecule has 0 saturated carbocycles. The van der Waals surface area contributed by atoms with Gasteiger partial charge in [-0.25, -0.2) is 0 Å². The summed E-state index contributed by atoms with van der Waals surface area (Å²) in [5.74, 6) is 0. The summed E-state index contributed by atoms with van der Waals surface area (Å²) in [5, 5.41) is 2.92. The summed E-state index contributed by atoms with van der Waals surface area (Å²) in [4.78, 5) is 0. The first-order chi connectivity index (χ1) is 15.8. The number of hydrogen-bond donors (Lipinski definition) is 0. The normalized spacial score (nSPS) is 11.3. The zero-order valence-corrected chi connectivity index (χ0v) is 18.0. The maximum Gasteiger partial charge on any atom is 0.143 e. The minimum atomic E-state index is 0.711. The van der Waals surface area contributed by atoms with Crippen LogP contribution in [-0.2, 0) is 0 Å². The molecule has 6 rings (SSSR count). The summed E-state index contributed by atoms with van der Waals surface area (Å²) in [5.41, 5.74) is 8.22. The highest BCUT2D eigenvalue weighted by Gasteiger charge is 2.17. The first-order valence-corrected chi connectivity index (χ1v) is 11.0. The van der Waals surface area contributed by atoms with Gasteiger partial charge < -0.3 is 4.42 Å². The van der Waals surface area contributed by atoms with Crippen LogP contribution in [0.1, 0.15) is 0 Å². The minimum Gasteiger partial charge on any atom is -0.455 e. The molecule has 0 aliphatic heterocycles. The Hall–Kier alpha value is -3.81. The van der Waals surface area contributed by atoms with Crippen LogP contribution in [-0.4, -0.2) is 0 Å². The number of fused-ring (bicyclic) bond motifs is 3. The first-order valence-electron chi connectivity index (χ1n) is 10.6. The molecule has 1 heterocycles. The van der Waals surface area contributed by atoms with Gasteiger partial charge in [0.05, 0.1) is 0 Å². The van der Waals surface area contributed by atoms with Gasteiger partial charge in [0.15, 0.2) is 0 Å². The summed E-state index contributed by atoms with van der Waals surface area (Å²) >= 11 is 6.80. The Labute approximate surface area is 191 Å². The molecule has 0 aliphatic carbocycles. The molecule has 0 saturated heterocycles. The van der Waals surface area contributed by atoms with Crippen molar-refractivity contribution in [2.24, 2.45) is 0 Å². The lowest BCUT2D eigenvalue weighted by atomic mass is 9.98. The fourth-order valence-corrected chi connectivity index (χ4v) is 4.70. The monoisotopic (exact) mass is 430 g/mol. The minimum absolute atomic E-state index is 0.711. The first kappa shape index (κ1) is 18.9. The number of benzene rings is 5. The van der Waals surface area contributed by atoms with Gasteiger partial charge in [-0.3, -0.25) is 0 Å². The van der Waals surface area contributed by atoms with Crippen LogP contribution in [0.2, 0.25) is 5.02 Å². The molecule has 0 bridgehead atoms. The molecular weight excluding hydrogens is 412 g/mol. The van der Waals surface area contributed by atoms with Crippen molar-refractivity contribution in [3.05, 3.63) is 120 Å². The molecule has 0 radical (unpaired) electrons. The zero-order chi connectivity index (χ0) is 21.5. The van der Waals surface area contributed by atoms with Gasteiger partial charge in [-0.15, -0.1) is 0 Å². The Balaban J connectivity index is 1.55. The number of furan rings is 1. The van der Waals surface area contributed by atoms with E-state index >= 15 is 0 Å². The van der Waals surface area contributed by atoms with Crippen molar-refractivity contribution < 1.29 is 4.42 Å². The van der Waals surface area contributed by atoms with Gasteiger partial charge in [-0.2, -0.15) is 0 Å². The van der Waals surface area contributed by atoms with E-state index in [0.717, 1.165) is 55.3 Å². The maximum atomic E-state index is 6.80. The topological polar surface area (TPSA) is 13.1 Å². The number of hydrogen-bond acceptors (Lipinski definition) is 1. The van der Waals surface area contributed by atoms with Crippen LogP contribution in [0.15, 0.2) is 120 Å². The molecule has 0 N–H and O–H groups in total. The van der Waals surface area contributed by atoms with Gasteiger partial charge in [-0.05, 0) is 22.8 Å². The van der Waals surface area contributed by atoms with Crippen LogP contribution in [0.4, 0.5) is 0 Å². The van der Waals surface area contributed by atoms with Gasteiger partial charge in [-0.1, -0.05) is 121 Å². The number of halogens is 1. The van der Waals surface area contributed by atoms with Crippen LogP contribution in [0.5, 0.6) is 0 Å². The molecule has 152 valence electrons. The van der Waals surface area contributed by atoms with Crippen molar-refractivity contribution in [1.82, 2.24) is 0 Å². The van der Waals surface area contributed by atoms with Crippen molar-refractivity contribution in [3.63, 3.8) is 0 Å². The molecule has 1 aromatic heterocycles. The Bertz CT molecular complexity index is 1560. The van der Waals surface area contributed by atoms with Gasteiger partial charge in [0, 0.05) is 32.5 Å². The van der Waals surface area contributed by atoms with Gasteiger partial charge in [0.1, 0.15) is 11.2 Å². The van der Waals surface area contributed by atoms with E-state index < -0.39 is 0 Å². The third kappa shape index (κ3) is 3.10. The molecule has 1 nitrogen and oxygen atoms in total. The van der Waals surface area contributed by atoms with Crippen molar-refractivity contribution in [2.75, 3.05) is 0 Å². The SMILES string of the molecule is Clc1cc(-c2ccccc2)ccc1-c1cccc2c1oc1c(-c3ccccc3)cccc12. The van der Waals surface area contributed by atoms with E-state index in [4.69, 9.17) is 16.0 Å². The molecule has 0 fully saturated rings. The van der Waals surface area contributed by atoms with Crippen LogP contribution < -0.4 is 0 Å². The third-order valence-electron chi connectivity index (χ3n) is 5.98. The van der Waals surface area contributed by atoms with E-state index in [0.29, 0.717) is 5.02 Å². The summed E-state index contributed by atoms with van der Waals surface area (Å²) in [6.07, 6.45) is 0. The second kappa shape index (κ2) is 7.71. The predicted octanol–water partition coefficient (Wildman–Crippen LogP) is 9.24. The average Bonchev–Trinajstić information content (AvgIpc) is 3.24. The molecule has 0 unspecified atom stereocenters. The quantitative estimate of drug-likeness (QED) is 0.272. The second-order valence-corrected chi connectivity index (χ2v) is 8.30. The Kier molecular flexibility index (Phi) is 4.56. The largest absolute Gasteiger partial charge is 0.455 e. The predicted molar refractivity (Wildman–Crippen MR) is 135 cm³/mol. The van der Waals surface area contributed by atoms with E-state index in [2.05, 4.69) is 84.9 Å². The van der Waals surface area contributed by atoms with E-state index in [1.54, 1.807) is 0 Å². The molecule has 5 aromatic carbocycles. The summed E-state index contributed by atoms with van der Waals surface area (Å²) in [6, 6.07) is 39.5. The molecule has 6 aromatic rings. The second-order valence-electron chi connectivity index (χ2n) is 7.89. The molecule has 0 atom stereocenters. The number of para-hydroxylation sites is 2. The highest BCUT2D eigenvalue weighted by Crippen LogP contribution is 2.41. The highest BCUT2D eigenvalue weighted by atomic mass is 35.5. The lowest BCUT2D eigenvalue weighted by molar-refractivity contribution is 0.671. The van der Waals surface area contributed by atoms with Crippen LogP contribution in [0, 0.1) is 0 Å². The van der Waals surface area contributed by atoms with Crippen LogP contribution >= 0.6 is 11.6 Å². The van der Waals surface area contributed by atoms with E-state index in [1.165, 1.54) is 0 Å². The van der Waals surface area contributed by atoms with Gasteiger partial charge >= 0.3 is 0 Å². The maximum absolute atomic E-state index is 6.80. The van der Waals surface area contributed by atoms with Crippen molar-refractivity contribution >= 4 is 33.5 Å². The molecule has 0 amide bonds. The van der Waals surface area contributed by atoms with Crippen LogP contribution in [0.3, 0.4) is 0 Å². The van der Waals surface area contributed by atoms with Gasteiger partial charge in [0.25, 0.3) is 0 Å². The fraction of sp³-hybridized carbons (Fsp3) is 0. The van der Waals surface area contributed by atoms with Crippen LogP contribution in [0.25, 0.3) is 55.3 Å². The van der Waals surface area contributed by atoms with E-state index in [9.17, 15) is 0 Å². The zero-order valence-electron chi connectivity index (χ0n) is 17.3. The van der Waals surface area contributed by atoms with Crippen molar-refractivity contribution in [3.8, 4) is 33.4 Å². The average molecular weight is 431 g/mol. The molecule has 2 heteroatoms. The van der Waals surface area contributed by atoms with Crippen molar-refractivity contribution in [2.45, 2.75) is 0 Å². The number of rotatable bonds is 3. The Morgan fingerprint density at radius 3 is 1.69 bits per heavy atom. The Morgan fingerprint density at radius 2 is 1.03 bits per heavy atom. The summed E-state index contributed by atoms with van der Waals surface area (Å²) in [7, 11) is 0. The van der Waals surface area contributed by atoms with E-state index in [-0.39, 0.29) is 0 Å². The highest BCUT2D eigenvalue weighted by molar-refractivity contribution is 6.34. The molecular formula is C30H19ClO. The lowest BCUT2D eigenvalue weighted by Gasteiger charge is -2.08. The summed E-state index contributed by atoms with van der Waals surface area (Å²) in [6.45, 7) is 0.